The summed E-state index contributed by atoms with van der Waals surface area (Å²) in [7, 11) is 1.69. The molecule has 0 radical (unpaired) electrons. The summed E-state index contributed by atoms with van der Waals surface area (Å²) in [5, 5.41) is 2.87. The fourth-order valence-corrected chi connectivity index (χ4v) is 2.68. The zero-order chi connectivity index (χ0) is 19.1. The van der Waals surface area contributed by atoms with Gasteiger partial charge in [-0.15, -0.1) is 0 Å². The zero-order valence-electron chi connectivity index (χ0n) is 15.4. The molecule has 5 heteroatoms. The molecular weight excluding hydrogens is 331 g/mol. The van der Waals surface area contributed by atoms with E-state index < -0.39 is 6.04 Å². The number of nitrogens with zero attached hydrogens (tertiary/aromatic N) is 1. The molecule has 26 heavy (non-hydrogen) atoms. The Hall–Kier alpha value is -2.69. The lowest BCUT2D eigenvalue weighted by molar-refractivity contribution is -0.133. The predicted octanol–water partition coefficient (Wildman–Crippen LogP) is 3.63. The van der Waals surface area contributed by atoms with Gasteiger partial charge < -0.3 is 10.2 Å². The number of hydrogen-bond donors (Lipinski definition) is 1. The first-order chi connectivity index (χ1) is 12.4. The molecular formula is C21H25FN2O2. The van der Waals surface area contributed by atoms with Gasteiger partial charge in [0.2, 0.25) is 5.91 Å². The first kappa shape index (κ1) is 19.6. The molecule has 0 spiro atoms. The fourth-order valence-electron chi connectivity index (χ4n) is 2.68. The highest BCUT2D eigenvalue weighted by molar-refractivity contribution is 5.97. The molecule has 0 aliphatic heterocycles. The van der Waals surface area contributed by atoms with Gasteiger partial charge in [-0.2, -0.15) is 0 Å². The fraction of sp³-hybridized carbons (Fsp3) is 0.333. The number of nitrogens with one attached hydrogen (secondary N) is 1. The van der Waals surface area contributed by atoms with Crippen molar-refractivity contribution in [3.05, 3.63) is 71.5 Å². The molecule has 0 aliphatic rings. The van der Waals surface area contributed by atoms with E-state index in [0.29, 0.717) is 12.1 Å². The van der Waals surface area contributed by atoms with Crippen LogP contribution in [0.1, 0.15) is 36.2 Å². The van der Waals surface area contributed by atoms with Gasteiger partial charge in [-0.25, -0.2) is 4.39 Å². The second-order valence-corrected chi connectivity index (χ2v) is 6.52. The molecule has 1 N–H and O–H groups in total. The Morgan fingerprint density at radius 1 is 1.08 bits per heavy atom. The van der Waals surface area contributed by atoms with Crippen LogP contribution in [0.5, 0.6) is 0 Å². The van der Waals surface area contributed by atoms with Crippen molar-refractivity contribution in [2.45, 2.75) is 32.9 Å². The standard InChI is InChI=1S/C21H25FN2O2/c1-4-15(2)19(23-20(25)17-8-6-5-7-9-17)21(26)24(3)14-16-10-12-18(22)13-11-16/h5-13,15,19H,4,14H2,1-3H3,(H,23,25)/t15-,19-/m0/s1. The molecule has 0 heterocycles. The zero-order valence-corrected chi connectivity index (χ0v) is 15.4. The maximum absolute atomic E-state index is 13.0. The van der Waals surface area contributed by atoms with Crippen LogP contribution in [-0.2, 0) is 11.3 Å². The summed E-state index contributed by atoms with van der Waals surface area (Å²) < 4.78 is 13.0. The van der Waals surface area contributed by atoms with Crippen molar-refractivity contribution in [1.82, 2.24) is 10.2 Å². The van der Waals surface area contributed by atoms with Crippen LogP contribution in [0.2, 0.25) is 0 Å². The van der Waals surface area contributed by atoms with Gasteiger partial charge in [-0.3, -0.25) is 9.59 Å². The molecule has 2 rings (SSSR count). The summed E-state index contributed by atoms with van der Waals surface area (Å²) >= 11 is 0. The summed E-state index contributed by atoms with van der Waals surface area (Å²) in [5.41, 5.74) is 1.36. The number of likely N-dealkylation sites (N-methyl/N-ethyl adjacent to an activating group) is 1. The lowest BCUT2D eigenvalue weighted by Crippen LogP contribution is -2.50. The van der Waals surface area contributed by atoms with Crippen molar-refractivity contribution in [2.24, 2.45) is 5.92 Å². The van der Waals surface area contributed by atoms with E-state index >= 15 is 0 Å². The molecule has 4 nitrogen and oxygen atoms in total. The van der Waals surface area contributed by atoms with Gasteiger partial charge in [0.25, 0.3) is 5.91 Å². The van der Waals surface area contributed by atoms with E-state index in [2.05, 4.69) is 5.32 Å². The van der Waals surface area contributed by atoms with Crippen molar-refractivity contribution in [3.63, 3.8) is 0 Å². The van der Waals surface area contributed by atoms with E-state index in [1.54, 1.807) is 48.3 Å². The van der Waals surface area contributed by atoms with E-state index in [1.807, 2.05) is 19.9 Å². The van der Waals surface area contributed by atoms with E-state index in [0.717, 1.165) is 12.0 Å². The minimum Gasteiger partial charge on any atom is -0.340 e. The third-order valence-corrected chi connectivity index (χ3v) is 4.51. The van der Waals surface area contributed by atoms with Crippen molar-refractivity contribution >= 4 is 11.8 Å². The molecule has 0 aliphatic carbocycles. The Morgan fingerprint density at radius 3 is 2.27 bits per heavy atom. The topological polar surface area (TPSA) is 49.4 Å². The van der Waals surface area contributed by atoms with Crippen LogP contribution in [-0.4, -0.2) is 29.8 Å². The second kappa shape index (κ2) is 9.13. The largest absolute Gasteiger partial charge is 0.340 e. The van der Waals surface area contributed by atoms with Gasteiger partial charge >= 0.3 is 0 Å². The number of halogens is 1. The van der Waals surface area contributed by atoms with E-state index in [-0.39, 0.29) is 23.5 Å². The molecule has 0 unspecified atom stereocenters. The lowest BCUT2D eigenvalue weighted by atomic mass is 9.97. The molecule has 0 bridgehead atoms. The van der Waals surface area contributed by atoms with Crippen LogP contribution in [0, 0.1) is 11.7 Å². The molecule has 0 saturated heterocycles. The van der Waals surface area contributed by atoms with Crippen LogP contribution in [0.25, 0.3) is 0 Å². The van der Waals surface area contributed by atoms with E-state index in [1.165, 1.54) is 12.1 Å². The summed E-state index contributed by atoms with van der Waals surface area (Å²) in [4.78, 5) is 27.0. The van der Waals surface area contributed by atoms with E-state index in [4.69, 9.17) is 0 Å². The summed E-state index contributed by atoms with van der Waals surface area (Å²) in [6, 6.07) is 14.3. The number of carbonyl (C=O) groups excluding carboxylic acids is 2. The number of amides is 2. The highest BCUT2D eigenvalue weighted by Gasteiger charge is 2.28. The maximum atomic E-state index is 13.0. The van der Waals surface area contributed by atoms with Crippen molar-refractivity contribution < 1.29 is 14.0 Å². The van der Waals surface area contributed by atoms with Crippen molar-refractivity contribution in [2.75, 3.05) is 7.05 Å². The van der Waals surface area contributed by atoms with Crippen LogP contribution >= 0.6 is 0 Å². The van der Waals surface area contributed by atoms with Crippen LogP contribution in [0.15, 0.2) is 54.6 Å². The Morgan fingerprint density at radius 2 is 1.69 bits per heavy atom. The van der Waals surface area contributed by atoms with Crippen molar-refractivity contribution in [3.8, 4) is 0 Å². The predicted molar refractivity (Wildman–Crippen MR) is 100 cm³/mol. The Balaban J connectivity index is 2.10. The third kappa shape index (κ3) is 5.15. The highest BCUT2D eigenvalue weighted by atomic mass is 19.1. The second-order valence-electron chi connectivity index (χ2n) is 6.52. The Labute approximate surface area is 154 Å². The minimum atomic E-state index is -0.613. The maximum Gasteiger partial charge on any atom is 0.251 e. The van der Waals surface area contributed by atoms with Gasteiger partial charge in [0.05, 0.1) is 0 Å². The van der Waals surface area contributed by atoms with Crippen molar-refractivity contribution in [1.29, 1.82) is 0 Å². The molecule has 0 saturated carbocycles. The SMILES string of the molecule is CC[C@H](C)[C@H](NC(=O)c1ccccc1)C(=O)N(C)Cc1ccc(F)cc1. The smallest absolute Gasteiger partial charge is 0.251 e. The van der Waals surface area contributed by atoms with Gasteiger partial charge in [-0.1, -0.05) is 50.6 Å². The highest BCUT2D eigenvalue weighted by Crippen LogP contribution is 2.14. The quantitative estimate of drug-likeness (QED) is 0.824. The first-order valence-corrected chi connectivity index (χ1v) is 8.77. The summed E-state index contributed by atoms with van der Waals surface area (Å²) in [6.45, 7) is 4.28. The first-order valence-electron chi connectivity index (χ1n) is 8.77. The number of carbonyl (C=O) groups is 2. The number of hydrogen-bond acceptors (Lipinski definition) is 2. The summed E-state index contributed by atoms with van der Waals surface area (Å²) in [5.74, 6) is -0.742. The van der Waals surface area contributed by atoms with Gasteiger partial charge in [0.1, 0.15) is 11.9 Å². The lowest BCUT2D eigenvalue weighted by Gasteiger charge is -2.28. The molecule has 2 atom stereocenters. The molecule has 2 aromatic carbocycles. The molecule has 2 aromatic rings. The van der Waals surface area contributed by atoms with Crippen LogP contribution in [0.3, 0.4) is 0 Å². The normalized spacial score (nSPS) is 12.9. The number of benzene rings is 2. The number of rotatable bonds is 7. The molecule has 2 amide bonds. The molecule has 138 valence electrons. The van der Waals surface area contributed by atoms with Crippen LogP contribution < -0.4 is 5.32 Å². The Bertz CT molecular complexity index is 731. The van der Waals surface area contributed by atoms with Gasteiger partial charge in [-0.05, 0) is 35.7 Å². The molecule has 0 aromatic heterocycles. The van der Waals surface area contributed by atoms with Gasteiger partial charge in [0, 0.05) is 19.2 Å². The Kier molecular flexibility index (Phi) is 6.89. The monoisotopic (exact) mass is 356 g/mol. The average molecular weight is 356 g/mol. The minimum absolute atomic E-state index is 0.00849. The third-order valence-electron chi connectivity index (χ3n) is 4.51. The summed E-state index contributed by atoms with van der Waals surface area (Å²) in [6.07, 6.45) is 0.760. The van der Waals surface area contributed by atoms with Crippen LogP contribution in [0.4, 0.5) is 4.39 Å². The van der Waals surface area contributed by atoms with E-state index in [9.17, 15) is 14.0 Å². The average Bonchev–Trinajstić information content (AvgIpc) is 2.67. The van der Waals surface area contributed by atoms with Gasteiger partial charge in [0.15, 0.2) is 0 Å². The molecule has 0 fully saturated rings.